The SMILES string of the molecule is CC(N)CCc1csc(-c2ccccc2F)n1. The van der Waals surface area contributed by atoms with E-state index in [0.29, 0.717) is 5.56 Å². The predicted octanol–water partition coefficient (Wildman–Crippen LogP) is 3.23. The quantitative estimate of drug-likeness (QED) is 0.904. The minimum atomic E-state index is -0.222. The third-order valence-electron chi connectivity index (χ3n) is 2.51. The third kappa shape index (κ3) is 3.11. The van der Waals surface area contributed by atoms with Gasteiger partial charge in [0.2, 0.25) is 0 Å². The molecule has 2 rings (SSSR count). The van der Waals surface area contributed by atoms with Gasteiger partial charge in [-0.25, -0.2) is 9.37 Å². The Labute approximate surface area is 104 Å². The molecule has 4 heteroatoms. The number of benzene rings is 1. The van der Waals surface area contributed by atoms with Crippen LogP contribution in [0.5, 0.6) is 0 Å². The Morgan fingerprint density at radius 3 is 2.88 bits per heavy atom. The van der Waals surface area contributed by atoms with Crippen molar-refractivity contribution in [1.82, 2.24) is 4.98 Å². The molecule has 17 heavy (non-hydrogen) atoms. The van der Waals surface area contributed by atoms with Crippen LogP contribution in [0.25, 0.3) is 10.6 Å². The van der Waals surface area contributed by atoms with Crippen LogP contribution in [0.4, 0.5) is 4.39 Å². The van der Waals surface area contributed by atoms with Crippen molar-refractivity contribution >= 4 is 11.3 Å². The van der Waals surface area contributed by atoms with E-state index in [1.165, 1.54) is 17.4 Å². The highest BCUT2D eigenvalue weighted by Gasteiger charge is 2.09. The van der Waals surface area contributed by atoms with Crippen LogP contribution in [0.1, 0.15) is 19.0 Å². The first-order valence-electron chi connectivity index (χ1n) is 5.61. The molecular formula is C13H15FN2S. The predicted molar refractivity (Wildman–Crippen MR) is 69.5 cm³/mol. The van der Waals surface area contributed by atoms with E-state index >= 15 is 0 Å². The fraction of sp³-hybridized carbons (Fsp3) is 0.308. The van der Waals surface area contributed by atoms with E-state index in [-0.39, 0.29) is 11.9 Å². The summed E-state index contributed by atoms with van der Waals surface area (Å²) < 4.78 is 13.5. The normalized spacial score (nSPS) is 12.6. The van der Waals surface area contributed by atoms with Gasteiger partial charge in [0.25, 0.3) is 0 Å². The molecule has 2 nitrogen and oxygen atoms in total. The summed E-state index contributed by atoms with van der Waals surface area (Å²) in [6.07, 6.45) is 1.75. The van der Waals surface area contributed by atoms with Crippen molar-refractivity contribution in [1.29, 1.82) is 0 Å². The molecule has 0 aliphatic carbocycles. The largest absolute Gasteiger partial charge is 0.328 e. The first-order valence-corrected chi connectivity index (χ1v) is 6.49. The smallest absolute Gasteiger partial charge is 0.133 e. The van der Waals surface area contributed by atoms with Crippen LogP contribution in [0, 0.1) is 5.82 Å². The highest BCUT2D eigenvalue weighted by molar-refractivity contribution is 7.13. The lowest BCUT2D eigenvalue weighted by Gasteiger charge is -2.01. The number of hydrogen-bond acceptors (Lipinski definition) is 3. The number of rotatable bonds is 4. The van der Waals surface area contributed by atoms with Gasteiger partial charge in [-0.2, -0.15) is 0 Å². The van der Waals surface area contributed by atoms with Crippen LogP contribution in [-0.2, 0) is 6.42 Å². The molecule has 0 amide bonds. The van der Waals surface area contributed by atoms with E-state index in [1.807, 2.05) is 18.4 Å². The highest BCUT2D eigenvalue weighted by Crippen LogP contribution is 2.26. The standard InChI is InChI=1S/C13H15FN2S/c1-9(15)6-7-10-8-17-13(16-10)11-4-2-3-5-12(11)14/h2-5,8-9H,6-7,15H2,1H3. The highest BCUT2D eigenvalue weighted by atomic mass is 32.1. The molecule has 0 radical (unpaired) electrons. The number of halogens is 1. The van der Waals surface area contributed by atoms with Gasteiger partial charge in [-0.1, -0.05) is 12.1 Å². The second kappa shape index (κ2) is 5.38. The Bertz CT molecular complexity index is 494. The van der Waals surface area contributed by atoms with Gasteiger partial charge in [0.15, 0.2) is 0 Å². The molecule has 0 bridgehead atoms. The maximum Gasteiger partial charge on any atom is 0.133 e. The van der Waals surface area contributed by atoms with Gasteiger partial charge in [0.1, 0.15) is 10.8 Å². The molecule has 0 saturated carbocycles. The lowest BCUT2D eigenvalue weighted by Crippen LogP contribution is -2.15. The summed E-state index contributed by atoms with van der Waals surface area (Å²) in [5, 5.41) is 2.72. The molecule has 2 aromatic rings. The summed E-state index contributed by atoms with van der Waals surface area (Å²) in [6.45, 7) is 1.98. The number of hydrogen-bond donors (Lipinski definition) is 1. The number of thiazole rings is 1. The fourth-order valence-corrected chi connectivity index (χ4v) is 2.44. The maximum absolute atomic E-state index is 13.5. The van der Waals surface area contributed by atoms with E-state index in [2.05, 4.69) is 4.98 Å². The van der Waals surface area contributed by atoms with E-state index in [0.717, 1.165) is 23.5 Å². The minimum absolute atomic E-state index is 0.175. The van der Waals surface area contributed by atoms with Gasteiger partial charge in [0.05, 0.1) is 5.69 Å². The van der Waals surface area contributed by atoms with Crippen LogP contribution >= 0.6 is 11.3 Å². The van der Waals surface area contributed by atoms with Gasteiger partial charge in [0, 0.05) is 17.0 Å². The van der Waals surface area contributed by atoms with Gasteiger partial charge in [-0.15, -0.1) is 11.3 Å². The van der Waals surface area contributed by atoms with E-state index in [4.69, 9.17) is 5.73 Å². The zero-order valence-electron chi connectivity index (χ0n) is 9.69. The van der Waals surface area contributed by atoms with Crippen molar-refractivity contribution in [3.63, 3.8) is 0 Å². The van der Waals surface area contributed by atoms with Crippen molar-refractivity contribution in [2.75, 3.05) is 0 Å². The van der Waals surface area contributed by atoms with Crippen molar-refractivity contribution in [3.05, 3.63) is 41.2 Å². The summed E-state index contributed by atoms with van der Waals surface area (Å²) in [5.74, 6) is -0.222. The Kier molecular flexibility index (Phi) is 3.86. The first-order chi connectivity index (χ1) is 8.16. The Hall–Kier alpha value is -1.26. The average molecular weight is 250 g/mol. The van der Waals surface area contributed by atoms with Gasteiger partial charge < -0.3 is 5.73 Å². The minimum Gasteiger partial charge on any atom is -0.328 e. The van der Waals surface area contributed by atoms with E-state index in [9.17, 15) is 4.39 Å². The summed E-state index contributed by atoms with van der Waals surface area (Å²) in [6, 6.07) is 6.89. The number of aromatic nitrogens is 1. The second-order valence-electron chi connectivity index (χ2n) is 4.14. The van der Waals surface area contributed by atoms with Crippen LogP contribution in [-0.4, -0.2) is 11.0 Å². The van der Waals surface area contributed by atoms with Gasteiger partial charge in [-0.05, 0) is 31.9 Å². The van der Waals surface area contributed by atoms with Crippen LogP contribution in [0.3, 0.4) is 0 Å². The summed E-state index contributed by atoms with van der Waals surface area (Å²) >= 11 is 1.48. The summed E-state index contributed by atoms with van der Waals surface area (Å²) in [4.78, 5) is 4.44. The topological polar surface area (TPSA) is 38.9 Å². The van der Waals surface area contributed by atoms with Crippen LogP contribution in [0.2, 0.25) is 0 Å². The monoisotopic (exact) mass is 250 g/mol. The van der Waals surface area contributed by atoms with Crippen LogP contribution in [0.15, 0.2) is 29.6 Å². The lowest BCUT2D eigenvalue weighted by atomic mass is 10.1. The molecule has 1 aromatic heterocycles. The maximum atomic E-state index is 13.5. The first kappa shape index (κ1) is 12.2. The summed E-state index contributed by atoms with van der Waals surface area (Å²) in [7, 11) is 0. The zero-order valence-corrected chi connectivity index (χ0v) is 10.5. The molecule has 2 N–H and O–H groups in total. The molecule has 1 aromatic carbocycles. The molecule has 1 atom stereocenters. The Morgan fingerprint density at radius 1 is 1.41 bits per heavy atom. The molecule has 1 unspecified atom stereocenters. The molecule has 0 saturated heterocycles. The molecular weight excluding hydrogens is 235 g/mol. The molecule has 0 fully saturated rings. The second-order valence-corrected chi connectivity index (χ2v) is 5.00. The third-order valence-corrected chi connectivity index (χ3v) is 3.44. The number of nitrogens with zero attached hydrogens (tertiary/aromatic N) is 1. The number of aryl methyl sites for hydroxylation is 1. The fourth-order valence-electron chi connectivity index (χ4n) is 1.56. The zero-order chi connectivity index (χ0) is 12.3. The van der Waals surface area contributed by atoms with Gasteiger partial charge >= 0.3 is 0 Å². The van der Waals surface area contributed by atoms with Crippen molar-refractivity contribution in [3.8, 4) is 10.6 Å². The van der Waals surface area contributed by atoms with Crippen LogP contribution < -0.4 is 5.73 Å². The Balaban J connectivity index is 2.16. The van der Waals surface area contributed by atoms with Crippen molar-refractivity contribution < 1.29 is 4.39 Å². The Morgan fingerprint density at radius 2 is 2.18 bits per heavy atom. The van der Waals surface area contributed by atoms with E-state index < -0.39 is 0 Å². The lowest BCUT2D eigenvalue weighted by molar-refractivity contribution is 0.631. The molecule has 90 valence electrons. The van der Waals surface area contributed by atoms with Gasteiger partial charge in [-0.3, -0.25) is 0 Å². The molecule has 1 heterocycles. The molecule has 0 aliphatic heterocycles. The van der Waals surface area contributed by atoms with Crippen molar-refractivity contribution in [2.45, 2.75) is 25.8 Å². The summed E-state index contributed by atoms with van der Waals surface area (Å²) in [5.41, 5.74) is 7.26. The molecule has 0 spiro atoms. The van der Waals surface area contributed by atoms with Crippen molar-refractivity contribution in [2.24, 2.45) is 5.73 Å². The molecule has 0 aliphatic rings. The number of nitrogens with two attached hydrogens (primary N) is 1. The van der Waals surface area contributed by atoms with E-state index in [1.54, 1.807) is 12.1 Å². The average Bonchev–Trinajstić information content (AvgIpc) is 2.75.